The van der Waals surface area contributed by atoms with Crippen molar-refractivity contribution in [1.82, 2.24) is 0 Å². The van der Waals surface area contributed by atoms with E-state index in [1.807, 2.05) is 0 Å². The fourth-order valence-electron chi connectivity index (χ4n) is 2.86. The van der Waals surface area contributed by atoms with Crippen molar-refractivity contribution in [3.8, 4) is 28.7 Å². The smallest absolute Gasteiger partial charge is 0.204 e. The van der Waals surface area contributed by atoms with Gasteiger partial charge in [0.1, 0.15) is 17.1 Å². The predicted octanol–water partition coefficient (Wildman–Crippen LogP) is 2.10. The van der Waals surface area contributed by atoms with Crippen LogP contribution in [0.1, 0.15) is 22.0 Å². The molecule has 0 amide bonds. The summed E-state index contributed by atoms with van der Waals surface area (Å²) in [5, 5.41) is 19.9. The number of phenolic OH excluding ortho intramolecular Hbond substituents is 1. The van der Waals surface area contributed by atoms with Gasteiger partial charge in [0.05, 0.1) is 21.3 Å². The lowest BCUT2D eigenvalue weighted by Crippen LogP contribution is -2.36. The predicted molar refractivity (Wildman–Crippen MR) is 87.9 cm³/mol. The molecule has 1 aliphatic rings. The van der Waals surface area contributed by atoms with Gasteiger partial charge in [-0.3, -0.25) is 4.79 Å². The quantitative estimate of drug-likeness (QED) is 0.875. The Morgan fingerprint density at radius 1 is 1.00 bits per heavy atom. The first kappa shape index (κ1) is 16.9. The Morgan fingerprint density at radius 3 is 2.20 bits per heavy atom. The molecular weight excluding hydrogens is 328 g/mol. The molecule has 3 rings (SSSR count). The molecule has 132 valence electrons. The highest BCUT2D eigenvalue weighted by molar-refractivity contribution is 6.06. The standard InChI is InChI=1S/C18H18O7/c1-22-12-8-11-13(18(24-3)17(12)23-2)14(20)15(21)16(25-11)9-4-6-10(19)7-5-9/h4-8,15-16,19,21H,1-3H3. The first-order chi connectivity index (χ1) is 12.0. The second-order valence-electron chi connectivity index (χ2n) is 5.46. The van der Waals surface area contributed by atoms with Crippen LogP contribution in [-0.2, 0) is 0 Å². The molecule has 1 heterocycles. The highest BCUT2D eigenvalue weighted by atomic mass is 16.5. The highest BCUT2D eigenvalue weighted by Crippen LogP contribution is 2.49. The molecule has 2 aromatic rings. The van der Waals surface area contributed by atoms with Gasteiger partial charge in [-0.05, 0) is 17.7 Å². The van der Waals surface area contributed by atoms with E-state index in [1.165, 1.54) is 39.5 Å². The molecule has 2 N–H and O–H groups in total. The molecule has 1 aliphatic heterocycles. The van der Waals surface area contributed by atoms with E-state index in [4.69, 9.17) is 18.9 Å². The van der Waals surface area contributed by atoms with Gasteiger partial charge < -0.3 is 29.2 Å². The molecule has 7 heteroatoms. The van der Waals surface area contributed by atoms with Crippen molar-refractivity contribution in [3.63, 3.8) is 0 Å². The molecule has 0 aromatic heterocycles. The summed E-state index contributed by atoms with van der Waals surface area (Å²) in [6, 6.07) is 7.61. The average molecular weight is 346 g/mol. The number of Topliss-reactive ketones (excluding diaryl/α,β-unsaturated/α-hetero) is 1. The van der Waals surface area contributed by atoms with Gasteiger partial charge in [0, 0.05) is 6.07 Å². The number of hydrogen-bond donors (Lipinski definition) is 2. The van der Waals surface area contributed by atoms with Crippen LogP contribution < -0.4 is 18.9 Å². The van der Waals surface area contributed by atoms with Crippen LogP contribution in [0.25, 0.3) is 0 Å². The molecule has 0 radical (unpaired) electrons. The summed E-state index contributed by atoms with van der Waals surface area (Å²) >= 11 is 0. The molecule has 2 aromatic carbocycles. The van der Waals surface area contributed by atoms with Gasteiger partial charge in [-0.25, -0.2) is 0 Å². The monoisotopic (exact) mass is 346 g/mol. The minimum absolute atomic E-state index is 0.0776. The SMILES string of the molecule is COc1cc2c(c(OC)c1OC)C(=O)C(O)C(c1ccc(O)cc1)O2. The first-order valence-electron chi connectivity index (χ1n) is 7.52. The van der Waals surface area contributed by atoms with E-state index < -0.39 is 18.0 Å². The second-order valence-corrected chi connectivity index (χ2v) is 5.46. The fraction of sp³-hybridized carbons (Fsp3) is 0.278. The molecule has 0 fully saturated rings. The highest BCUT2D eigenvalue weighted by Gasteiger charge is 2.41. The van der Waals surface area contributed by atoms with Crippen LogP contribution in [0.2, 0.25) is 0 Å². The van der Waals surface area contributed by atoms with Crippen LogP contribution in [0.3, 0.4) is 0 Å². The van der Waals surface area contributed by atoms with Gasteiger partial charge in [-0.15, -0.1) is 0 Å². The van der Waals surface area contributed by atoms with Crippen LogP contribution in [0.5, 0.6) is 28.7 Å². The summed E-state index contributed by atoms with van der Waals surface area (Å²) in [4.78, 5) is 12.8. The van der Waals surface area contributed by atoms with E-state index in [0.29, 0.717) is 11.3 Å². The number of aliphatic hydroxyl groups is 1. The summed E-state index contributed by atoms with van der Waals surface area (Å²) in [5.41, 5.74) is 0.653. The lowest BCUT2D eigenvalue weighted by Gasteiger charge is -2.31. The molecular formula is C18H18O7. The van der Waals surface area contributed by atoms with E-state index in [2.05, 4.69) is 0 Å². The second kappa shape index (κ2) is 6.52. The molecule has 0 aliphatic carbocycles. The molecule has 25 heavy (non-hydrogen) atoms. The maximum absolute atomic E-state index is 12.8. The Labute approximate surface area is 144 Å². The third-order valence-corrected chi connectivity index (χ3v) is 4.07. The number of methoxy groups -OCH3 is 3. The molecule has 0 saturated carbocycles. The van der Waals surface area contributed by atoms with Crippen molar-refractivity contribution in [2.45, 2.75) is 12.2 Å². The van der Waals surface area contributed by atoms with Crippen LogP contribution in [0.4, 0.5) is 0 Å². The van der Waals surface area contributed by atoms with E-state index >= 15 is 0 Å². The van der Waals surface area contributed by atoms with Gasteiger partial charge in [0.15, 0.2) is 23.7 Å². The molecule has 2 unspecified atom stereocenters. The maximum atomic E-state index is 12.8. The Hall–Kier alpha value is -2.93. The van der Waals surface area contributed by atoms with Crippen LogP contribution in [-0.4, -0.2) is 43.4 Å². The van der Waals surface area contributed by atoms with Crippen molar-refractivity contribution < 1.29 is 34.0 Å². The summed E-state index contributed by atoms with van der Waals surface area (Å²) in [7, 11) is 4.28. The van der Waals surface area contributed by atoms with Crippen LogP contribution in [0.15, 0.2) is 30.3 Å². The van der Waals surface area contributed by atoms with Crippen LogP contribution >= 0.6 is 0 Å². The topological polar surface area (TPSA) is 94.5 Å². The lowest BCUT2D eigenvalue weighted by molar-refractivity contribution is 0.0209. The third kappa shape index (κ3) is 2.72. The summed E-state index contributed by atoms with van der Waals surface area (Å²) < 4.78 is 21.7. The van der Waals surface area contributed by atoms with Crippen LogP contribution in [0, 0.1) is 0 Å². The van der Waals surface area contributed by atoms with Gasteiger partial charge >= 0.3 is 0 Å². The Kier molecular flexibility index (Phi) is 4.41. The number of carbonyl (C=O) groups is 1. The largest absolute Gasteiger partial charge is 0.508 e. The normalized spacial score (nSPS) is 19.0. The van der Waals surface area contributed by atoms with E-state index in [0.717, 1.165) is 0 Å². The lowest BCUT2D eigenvalue weighted by atomic mass is 9.92. The summed E-state index contributed by atoms with van der Waals surface area (Å²) in [6.07, 6.45) is -2.34. The Balaban J connectivity index is 2.13. The number of ether oxygens (including phenoxy) is 4. The summed E-state index contributed by atoms with van der Waals surface area (Å²) in [6.45, 7) is 0. The van der Waals surface area contributed by atoms with E-state index in [-0.39, 0.29) is 28.6 Å². The number of rotatable bonds is 4. The number of aliphatic hydroxyl groups excluding tert-OH is 1. The zero-order valence-corrected chi connectivity index (χ0v) is 14.0. The molecule has 0 spiro atoms. The van der Waals surface area contributed by atoms with Crippen molar-refractivity contribution in [3.05, 3.63) is 41.5 Å². The Morgan fingerprint density at radius 2 is 1.64 bits per heavy atom. The maximum Gasteiger partial charge on any atom is 0.204 e. The van der Waals surface area contributed by atoms with E-state index in [9.17, 15) is 15.0 Å². The van der Waals surface area contributed by atoms with Crippen molar-refractivity contribution in [1.29, 1.82) is 0 Å². The van der Waals surface area contributed by atoms with Gasteiger partial charge in [-0.2, -0.15) is 0 Å². The third-order valence-electron chi connectivity index (χ3n) is 4.07. The Bertz CT molecular complexity index is 798. The molecule has 2 atom stereocenters. The van der Waals surface area contributed by atoms with Crippen molar-refractivity contribution >= 4 is 5.78 Å². The molecule has 0 bridgehead atoms. The minimum atomic E-state index is -1.43. The summed E-state index contributed by atoms with van der Waals surface area (Å²) in [5.74, 6) is 0.488. The first-order valence-corrected chi connectivity index (χ1v) is 7.52. The van der Waals surface area contributed by atoms with Gasteiger partial charge in [0.2, 0.25) is 11.5 Å². The van der Waals surface area contributed by atoms with Crippen molar-refractivity contribution in [2.75, 3.05) is 21.3 Å². The fourth-order valence-corrected chi connectivity index (χ4v) is 2.86. The molecule has 0 saturated heterocycles. The molecule has 7 nitrogen and oxygen atoms in total. The number of ketones is 1. The van der Waals surface area contributed by atoms with E-state index in [1.54, 1.807) is 12.1 Å². The zero-order valence-electron chi connectivity index (χ0n) is 14.0. The minimum Gasteiger partial charge on any atom is -0.508 e. The number of phenols is 1. The van der Waals surface area contributed by atoms with Gasteiger partial charge in [-0.1, -0.05) is 12.1 Å². The van der Waals surface area contributed by atoms with Crippen molar-refractivity contribution in [2.24, 2.45) is 0 Å². The number of benzene rings is 2. The number of hydrogen-bond acceptors (Lipinski definition) is 7. The zero-order chi connectivity index (χ0) is 18.1. The number of fused-ring (bicyclic) bond motifs is 1. The number of carbonyl (C=O) groups excluding carboxylic acids is 1. The number of aromatic hydroxyl groups is 1. The van der Waals surface area contributed by atoms with Gasteiger partial charge in [0.25, 0.3) is 0 Å². The average Bonchev–Trinajstić information content (AvgIpc) is 2.63.